The number of ether oxygens (including phenoxy) is 1. The molecule has 1 atom stereocenters. The molecule has 0 saturated carbocycles. The van der Waals surface area contributed by atoms with Gasteiger partial charge in [-0.05, 0) is 50.1 Å². The van der Waals surface area contributed by atoms with Crippen LogP contribution in [0.25, 0.3) is 0 Å². The van der Waals surface area contributed by atoms with Crippen LogP contribution >= 0.6 is 34.8 Å². The summed E-state index contributed by atoms with van der Waals surface area (Å²) in [4.78, 5) is 27.4. The zero-order chi connectivity index (χ0) is 22.3. The Balaban J connectivity index is 2.27. The van der Waals surface area contributed by atoms with Crippen molar-refractivity contribution in [2.24, 2.45) is 0 Å². The predicted octanol–water partition coefficient (Wildman–Crippen LogP) is 5.36. The minimum Gasteiger partial charge on any atom is -0.482 e. The Morgan fingerprint density at radius 3 is 2.37 bits per heavy atom. The Kier molecular flexibility index (Phi) is 9.28. The third kappa shape index (κ3) is 6.79. The summed E-state index contributed by atoms with van der Waals surface area (Å²) in [5.41, 5.74) is 0.683. The zero-order valence-electron chi connectivity index (χ0n) is 17.1. The molecule has 1 unspecified atom stereocenters. The van der Waals surface area contributed by atoms with Crippen molar-refractivity contribution in [3.8, 4) is 5.75 Å². The Morgan fingerprint density at radius 1 is 1.07 bits per heavy atom. The van der Waals surface area contributed by atoms with E-state index < -0.39 is 6.04 Å². The molecule has 2 aromatic rings. The van der Waals surface area contributed by atoms with Crippen molar-refractivity contribution in [2.45, 2.75) is 45.8 Å². The normalized spacial score (nSPS) is 11.8. The maximum Gasteiger partial charge on any atom is 0.261 e. The van der Waals surface area contributed by atoms with Crippen LogP contribution in [-0.4, -0.2) is 35.4 Å². The van der Waals surface area contributed by atoms with Crippen LogP contribution in [0.1, 0.15) is 32.8 Å². The Morgan fingerprint density at radius 2 is 1.77 bits per heavy atom. The third-order valence-corrected chi connectivity index (χ3v) is 5.26. The molecule has 5 nitrogen and oxygen atoms in total. The van der Waals surface area contributed by atoms with Crippen molar-refractivity contribution in [2.75, 3.05) is 6.61 Å². The molecule has 2 aromatic carbocycles. The van der Waals surface area contributed by atoms with Crippen LogP contribution in [0.15, 0.2) is 42.5 Å². The summed E-state index contributed by atoms with van der Waals surface area (Å²) in [5, 5.41) is 4.19. The molecule has 2 rings (SSSR count). The summed E-state index contributed by atoms with van der Waals surface area (Å²) in [7, 11) is 0. The number of hydrogen-bond acceptors (Lipinski definition) is 3. The summed E-state index contributed by atoms with van der Waals surface area (Å²) >= 11 is 18.4. The van der Waals surface area contributed by atoms with E-state index in [4.69, 9.17) is 39.5 Å². The minimum absolute atomic E-state index is 0.0537. The van der Waals surface area contributed by atoms with Gasteiger partial charge in [-0.1, -0.05) is 59.9 Å². The number of rotatable bonds is 9. The second-order valence-electron chi connectivity index (χ2n) is 7.06. The molecule has 0 spiro atoms. The SMILES string of the molecule is CCC(C(=O)NC(C)C)N(Cc1ccc(Cl)cc1Cl)C(=O)COc1ccccc1Cl. The molecule has 0 heterocycles. The van der Waals surface area contributed by atoms with Gasteiger partial charge in [0.05, 0.1) is 5.02 Å². The number of amides is 2. The van der Waals surface area contributed by atoms with E-state index in [0.717, 1.165) is 0 Å². The standard InChI is InChI=1S/C22H25Cl3N2O3/c1-4-19(22(29)26-14(2)3)27(12-15-9-10-16(23)11-18(15)25)21(28)13-30-20-8-6-5-7-17(20)24/h5-11,14,19H,4,12-13H2,1-3H3,(H,26,29). The predicted molar refractivity (Wildman–Crippen MR) is 121 cm³/mol. The molecule has 0 aliphatic heterocycles. The average molecular weight is 472 g/mol. The Bertz CT molecular complexity index is 890. The van der Waals surface area contributed by atoms with Gasteiger partial charge in [-0.25, -0.2) is 0 Å². The van der Waals surface area contributed by atoms with Gasteiger partial charge < -0.3 is 15.0 Å². The number of para-hydroxylation sites is 1. The summed E-state index contributed by atoms with van der Waals surface area (Å²) in [6.07, 6.45) is 0.432. The van der Waals surface area contributed by atoms with Gasteiger partial charge in [0.1, 0.15) is 11.8 Å². The van der Waals surface area contributed by atoms with E-state index in [9.17, 15) is 9.59 Å². The van der Waals surface area contributed by atoms with Crippen LogP contribution in [0, 0.1) is 0 Å². The number of hydrogen-bond donors (Lipinski definition) is 1. The van der Waals surface area contributed by atoms with E-state index in [1.54, 1.807) is 42.5 Å². The highest BCUT2D eigenvalue weighted by Crippen LogP contribution is 2.25. The number of nitrogens with one attached hydrogen (secondary N) is 1. The molecule has 0 bridgehead atoms. The van der Waals surface area contributed by atoms with Gasteiger partial charge in [-0.3, -0.25) is 9.59 Å². The highest BCUT2D eigenvalue weighted by atomic mass is 35.5. The van der Waals surface area contributed by atoms with Gasteiger partial charge in [0, 0.05) is 22.6 Å². The molecular weight excluding hydrogens is 447 g/mol. The number of carbonyl (C=O) groups is 2. The molecular formula is C22H25Cl3N2O3. The highest BCUT2D eigenvalue weighted by Gasteiger charge is 2.29. The lowest BCUT2D eigenvalue weighted by atomic mass is 10.1. The van der Waals surface area contributed by atoms with Crippen LogP contribution in [0.4, 0.5) is 0 Å². The lowest BCUT2D eigenvalue weighted by Crippen LogP contribution is -2.51. The Labute approximate surface area is 192 Å². The highest BCUT2D eigenvalue weighted by molar-refractivity contribution is 6.35. The van der Waals surface area contributed by atoms with Gasteiger partial charge >= 0.3 is 0 Å². The van der Waals surface area contributed by atoms with E-state index in [0.29, 0.717) is 32.8 Å². The van der Waals surface area contributed by atoms with Crippen LogP contribution < -0.4 is 10.1 Å². The van der Waals surface area contributed by atoms with Crippen LogP contribution in [0.2, 0.25) is 15.1 Å². The van der Waals surface area contributed by atoms with Crippen LogP contribution in [0.3, 0.4) is 0 Å². The molecule has 1 N–H and O–H groups in total. The molecule has 0 saturated heterocycles. The van der Waals surface area contributed by atoms with Crippen LogP contribution in [-0.2, 0) is 16.1 Å². The maximum atomic E-state index is 13.1. The minimum atomic E-state index is -0.679. The fourth-order valence-electron chi connectivity index (χ4n) is 2.92. The lowest BCUT2D eigenvalue weighted by Gasteiger charge is -2.31. The molecule has 0 aromatic heterocycles. The zero-order valence-corrected chi connectivity index (χ0v) is 19.4. The average Bonchev–Trinajstić information content (AvgIpc) is 2.68. The van der Waals surface area contributed by atoms with E-state index >= 15 is 0 Å². The first-order valence-electron chi connectivity index (χ1n) is 9.64. The summed E-state index contributed by atoms with van der Waals surface area (Å²) in [6.45, 7) is 5.47. The smallest absolute Gasteiger partial charge is 0.261 e. The van der Waals surface area contributed by atoms with Crippen molar-refractivity contribution in [1.29, 1.82) is 0 Å². The molecule has 0 aliphatic rings. The molecule has 2 amide bonds. The van der Waals surface area contributed by atoms with Crippen LogP contribution in [0.5, 0.6) is 5.75 Å². The summed E-state index contributed by atoms with van der Waals surface area (Å²) < 4.78 is 5.61. The molecule has 8 heteroatoms. The monoisotopic (exact) mass is 470 g/mol. The van der Waals surface area contributed by atoms with Gasteiger partial charge in [-0.2, -0.15) is 0 Å². The van der Waals surface area contributed by atoms with Crippen molar-refractivity contribution in [3.63, 3.8) is 0 Å². The lowest BCUT2D eigenvalue weighted by molar-refractivity contribution is -0.143. The number of halogens is 3. The Hall–Kier alpha value is -1.95. The second kappa shape index (κ2) is 11.4. The topological polar surface area (TPSA) is 58.6 Å². The number of carbonyl (C=O) groups excluding carboxylic acids is 2. The van der Waals surface area contributed by atoms with Gasteiger partial charge in [0.25, 0.3) is 5.91 Å². The molecule has 30 heavy (non-hydrogen) atoms. The summed E-state index contributed by atoms with van der Waals surface area (Å²) in [6, 6.07) is 11.2. The third-order valence-electron chi connectivity index (χ3n) is 4.36. The van der Waals surface area contributed by atoms with Crippen molar-refractivity contribution in [1.82, 2.24) is 10.2 Å². The van der Waals surface area contributed by atoms with Crippen molar-refractivity contribution >= 4 is 46.6 Å². The van der Waals surface area contributed by atoms with Crippen molar-refractivity contribution < 1.29 is 14.3 Å². The second-order valence-corrected chi connectivity index (χ2v) is 8.31. The van der Waals surface area contributed by atoms with Crippen molar-refractivity contribution in [3.05, 3.63) is 63.1 Å². The first-order valence-corrected chi connectivity index (χ1v) is 10.8. The van der Waals surface area contributed by atoms with E-state index in [1.165, 1.54) is 4.90 Å². The fraction of sp³-hybridized carbons (Fsp3) is 0.364. The largest absolute Gasteiger partial charge is 0.482 e. The van der Waals surface area contributed by atoms with Gasteiger partial charge in [-0.15, -0.1) is 0 Å². The van der Waals surface area contributed by atoms with E-state index in [2.05, 4.69) is 5.32 Å². The van der Waals surface area contributed by atoms with Gasteiger partial charge in [0.2, 0.25) is 5.91 Å². The molecule has 0 fully saturated rings. The summed E-state index contributed by atoms with van der Waals surface area (Å²) in [5.74, 6) is -0.188. The fourth-order valence-corrected chi connectivity index (χ4v) is 3.58. The quantitative estimate of drug-likeness (QED) is 0.536. The number of benzene rings is 2. The molecule has 0 aliphatic carbocycles. The van der Waals surface area contributed by atoms with Gasteiger partial charge in [0.15, 0.2) is 6.61 Å². The van der Waals surface area contributed by atoms with E-state index in [1.807, 2.05) is 20.8 Å². The molecule has 162 valence electrons. The molecule has 0 radical (unpaired) electrons. The number of nitrogens with zero attached hydrogens (tertiary/aromatic N) is 1. The van der Waals surface area contributed by atoms with E-state index in [-0.39, 0.29) is 31.0 Å². The maximum absolute atomic E-state index is 13.1. The first-order chi connectivity index (χ1) is 14.2. The first kappa shape index (κ1) is 24.3.